The van der Waals surface area contributed by atoms with Crippen LogP contribution in [0, 0.1) is 18.3 Å². The Bertz CT molecular complexity index is 393. The number of hydrogen-bond donors (Lipinski definition) is 2. The summed E-state index contributed by atoms with van der Waals surface area (Å²) in [5.41, 5.74) is 0. The second kappa shape index (κ2) is 7.33. The van der Waals surface area contributed by atoms with E-state index in [9.17, 15) is 4.79 Å². The Hall–Kier alpha value is -2.03. The number of nitrogens with one attached hydrogen (secondary N) is 2. The summed E-state index contributed by atoms with van der Waals surface area (Å²) in [5, 5.41) is 13.0. The van der Waals surface area contributed by atoms with Crippen molar-refractivity contribution in [2.24, 2.45) is 5.92 Å². The van der Waals surface area contributed by atoms with Crippen molar-refractivity contribution in [1.29, 1.82) is 0 Å². The van der Waals surface area contributed by atoms with Crippen LogP contribution in [0.5, 0.6) is 0 Å². The first kappa shape index (κ1) is 14.0. The number of aryl methyl sites for hydroxylation is 1. The van der Waals surface area contributed by atoms with E-state index in [4.69, 9.17) is 6.42 Å². The lowest BCUT2D eigenvalue weighted by molar-refractivity contribution is 0.236. The second-order valence-electron chi connectivity index (χ2n) is 4.31. The van der Waals surface area contributed by atoms with Crippen LogP contribution in [-0.4, -0.2) is 33.6 Å². The number of amides is 2. The van der Waals surface area contributed by atoms with Gasteiger partial charge in [0.05, 0.1) is 12.2 Å². The Morgan fingerprint density at radius 2 is 2.33 bits per heavy atom. The predicted octanol–water partition coefficient (Wildman–Crippen LogP) is 0.625. The van der Waals surface area contributed by atoms with Crippen molar-refractivity contribution in [2.45, 2.75) is 32.9 Å². The summed E-state index contributed by atoms with van der Waals surface area (Å²) in [6.07, 6.45) is 9.53. The quantitative estimate of drug-likeness (QED) is 0.573. The Labute approximate surface area is 107 Å². The van der Waals surface area contributed by atoms with Crippen molar-refractivity contribution >= 4 is 6.03 Å². The number of hydrogen-bond acceptors (Lipinski definition) is 3. The molecule has 1 aromatic heterocycles. The van der Waals surface area contributed by atoms with E-state index in [0.29, 0.717) is 6.54 Å². The third-order valence-electron chi connectivity index (χ3n) is 2.45. The van der Waals surface area contributed by atoms with Crippen LogP contribution in [-0.2, 0) is 6.54 Å². The van der Waals surface area contributed by atoms with E-state index in [1.807, 2.05) is 13.8 Å². The summed E-state index contributed by atoms with van der Waals surface area (Å²) in [6, 6.07) is -0.467. The van der Waals surface area contributed by atoms with Crippen molar-refractivity contribution in [3.05, 3.63) is 12.4 Å². The van der Waals surface area contributed by atoms with E-state index < -0.39 is 0 Å². The first-order chi connectivity index (χ1) is 8.63. The monoisotopic (exact) mass is 249 g/mol. The van der Waals surface area contributed by atoms with E-state index in [1.54, 1.807) is 17.1 Å². The molecule has 1 rings (SSSR count). The van der Waals surface area contributed by atoms with Crippen LogP contribution >= 0.6 is 0 Å². The van der Waals surface area contributed by atoms with E-state index >= 15 is 0 Å². The maximum atomic E-state index is 11.5. The molecule has 1 atom stereocenters. The van der Waals surface area contributed by atoms with Crippen LogP contribution in [0.2, 0.25) is 0 Å². The molecule has 0 bridgehead atoms. The third-order valence-corrected chi connectivity index (χ3v) is 2.45. The molecule has 6 heteroatoms. The molecule has 0 aliphatic heterocycles. The van der Waals surface area contributed by atoms with Crippen LogP contribution in [0.15, 0.2) is 12.4 Å². The van der Waals surface area contributed by atoms with Gasteiger partial charge in [0.15, 0.2) is 0 Å². The van der Waals surface area contributed by atoms with E-state index in [0.717, 1.165) is 13.0 Å². The summed E-state index contributed by atoms with van der Waals surface area (Å²) in [5.74, 6) is 2.77. The van der Waals surface area contributed by atoms with Gasteiger partial charge >= 0.3 is 6.03 Å². The van der Waals surface area contributed by atoms with Crippen molar-refractivity contribution in [3.63, 3.8) is 0 Å². The molecule has 1 aromatic rings. The fourth-order valence-corrected chi connectivity index (χ4v) is 1.39. The molecule has 0 unspecified atom stereocenters. The normalized spacial score (nSPS) is 11.9. The Kier molecular flexibility index (Phi) is 5.71. The zero-order chi connectivity index (χ0) is 13.4. The van der Waals surface area contributed by atoms with Crippen LogP contribution in [0.3, 0.4) is 0 Å². The minimum Gasteiger partial charge on any atom is -0.338 e. The first-order valence-electron chi connectivity index (χ1n) is 5.98. The zero-order valence-electron chi connectivity index (χ0n) is 10.8. The largest absolute Gasteiger partial charge is 0.338 e. The molecule has 1 heterocycles. The Morgan fingerprint density at radius 1 is 1.56 bits per heavy atom. The summed E-state index contributed by atoms with van der Waals surface area (Å²) in [7, 11) is 0. The molecule has 0 aliphatic rings. The molecular weight excluding hydrogens is 230 g/mol. The first-order valence-corrected chi connectivity index (χ1v) is 5.98. The molecule has 0 saturated heterocycles. The summed E-state index contributed by atoms with van der Waals surface area (Å²) in [6.45, 7) is 5.23. The molecule has 0 aromatic carbocycles. The van der Waals surface area contributed by atoms with Crippen molar-refractivity contribution < 1.29 is 4.79 Å². The summed E-state index contributed by atoms with van der Waals surface area (Å²) >= 11 is 0. The SMILES string of the molecule is C#C[C@@H](NC(=O)NCCCn1ccnn1)C(C)C. The number of carbonyl (C=O) groups is 1. The smallest absolute Gasteiger partial charge is 0.315 e. The maximum absolute atomic E-state index is 11.5. The molecule has 0 fully saturated rings. The fourth-order valence-electron chi connectivity index (χ4n) is 1.39. The number of terminal acetylenes is 1. The van der Waals surface area contributed by atoms with Crippen molar-refractivity contribution in [1.82, 2.24) is 25.6 Å². The zero-order valence-corrected chi connectivity index (χ0v) is 10.8. The van der Waals surface area contributed by atoms with E-state index in [1.165, 1.54) is 0 Å². The molecule has 2 amide bonds. The molecular formula is C12H19N5O. The van der Waals surface area contributed by atoms with Crippen LogP contribution < -0.4 is 10.6 Å². The maximum Gasteiger partial charge on any atom is 0.315 e. The standard InChI is InChI=1S/C12H19N5O/c1-4-11(10(2)3)15-12(18)13-6-5-8-17-9-7-14-16-17/h1,7,9-11H,5-6,8H2,2-3H3,(H2,13,15,18)/t11-/m1/s1. The van der Waals surface area contributed by atoms with Gasteiger partial charge in [0.1, 0.15) is 0 Å². The fraction of sp³-hybridized carbons (Fsp3) is 0.583. The van der Waals surface area contributed by atoms with Gasteiger partial charge in [0, 0.05) is 19.3 Å². The van der Waals surface area contributed by atoms with Gasteiger partial charge in [0.25, 0.3) is 0 Å². The third kappa shape index (κ3) is 4.87. The Balaban J connectivity index is 2.15. The van der Waals surface area contributed by atoms with Crippen LogP contribution in [0.25, 0.3) is 0 Å². The lowest BCUT2D eigenvalue weighted by Gasteiger charge is -2.16. The van der Waals surface area contributed by atoms with Crippen molar-refractivity contribution in [2.75, 3.05) is 6.54 Å². The molecule has 98 valence electrons. The van der Waals surface area contributed by atoms with Gasteiger partial charge in [-0.25, -0.2) is 4.79 Å². The van der Waals surface area contributed by atoms with Gasteiger partial charge in [-0.3, -0.25) is 4.68 Å². The minimum atomic E-state index is -0.236. The van der Waals surface area contributed by atoms with Gasteiger partial charge in [-0.1, -0.05) is 25.0 Å². The molecule has 2 N–H and O–H groups in total. The summed E-state index contributed by atoms with van der Waals surface area (Å²) < 4.78 is 1.72. The highest BCUT2D eigenvalue weighted by molar-refractivity contribution is 5.74. The number of aromatic nitrogens is 3. The lowest BCUT2D eigenvalue weighted by Crippen LogP contribution is -2.44. The average Bonchev–Trinajstić information content (AvgIpc) is 2.84. The lowest BCUT2D eigenvalue weighted by atomic mass is 10.1. The molecule has 0 radical (unpaired) electrons. The molecule has 0 saturated carbocycles. The van der Waals surface area contributed by atoms with E-state index in [2.05, 4.69) is 26.9 Å². The number of nitrogens with zero attached hydrogens (tertiary/aromatic N) is 3. The highest BCUT2D eigenvalue weighted by Crippen LogP contribution is 1.99. The van der Waals surface area contributed by atoms with Gasteiger partial charge in [-0.2, -0.15) is 0 Å². The molecule has 6 nitrogen and oxygen atoms in total. The second-order valence-corrected chi connectivity index (χ2v) is 4.31. The van der Waals surface area contributed by atoms with Gasteiger partial charge in [0.2, 0.25) is 0 Å². The highest BCUT2D eigenvalue weighted by Gasteiger charge is 2.12. The van der Waals surface area contributed by atoms with Gasteiger partial charge in [-0.05, 0) is 12.3 Å². The van der Waals surface area contributed by atoms with Gasteiger partial charge < -0.3 is 10.6 Å². The summed E-state index contributed by atoms with van der Waals surface area (Å²) in [4.78, 5) is 11.5. The van der Waals surface area contributed by atoms with Crippen LogP contribution in [0.4, 0.5) is 4.79 Å². The highest BCUT2D eigenvalue weighted by atomic mass is 16.2. The van der Waals surface area contributed by atoms with Crippen LogP contribution in [0.1, 0.15) is 20.3 Å². The van der Waals surface area contributed by atoms with Gasteiger partial charge in [-0.15, -0.1) is 11.5 Å². The predicted molar refractivity (Wildman–Crippen MR) is 68.6 cm³/mol. The molecule has 0 aliphatic carbocycles. The molecule has 18 heavy (non-hydrogen) atoms. The van der Waals surface area contributed by atoms with E-state index in [-0.39, 0.29) is 18.0 Å². The van der Waals surface area contributed by atoms with Crippen molar-refractivity contribution in [3.8, 4) is 12.3 Å². The minimum absolute atomic E-state index is 0.218. The number of carbonyl (C=O) groups excluding carboxylic acids is 1. The number of urea groups is 1. The topological polar surface area (TPSA) is 71.8 Å². The number of rotatable bonds is 6. The Morgan fingerprint density at radius 3 is 2.89 bits per heavy atom. The average molecular weight is 249 g/mol. The molecule has 0 spiro atoms.